The maximum absolute atomic E-state index is 11.5. The van der Waals surface area contributed by atoms with Gasteiger partial charge in [-0.15, -0.1) is 0 Å². The molecule has 18 heavy (non-hydrogen) atoms. The number of anilines is 1. The van der Waals surface area contributed by atoms with Crippen molar-refractivity contribution >= 4 is 17.8 Å². The fraction of sp³-hybridized carbons (Fsp3) is 0.455. The first-order chi connectivity index (χ1) is 8.66. The highest BCUT2D eigenvalue weighted by molar-refractivity contribution is 5.91. The molecule has 1 aromatic rings. The van der Waals surface area contributed by atoms with Crippen molar-refractivity contribution in [2.24, 2.45) is 5.92 Å². The highest BCUT2D eigenvalue weighted by Crippen LogP contribution is 2.32. The Labute approximate surface area is 104 Å². The molecule has 96 valence electrons. The summed E-state index contributed by atoms with van der Waals surface area (Å²) in [7, 11) is 0. The van der Waals surface area contributed by atoms with Gasteiger partial charge < -0.3 is 5.11 Å². The lowest BCUT2D eigenvalue weighted by Gasteiger charge is -2.12. The van der Waals surface area contributed by atoms with E-state index in [1.807, 2.05) is 0 Å². The van der Waals surface area contributed by atoms with Gasteiger partial charge >= 0.3 is 5.97 Å². The van der Waals surface area contributed by atoms with Crippen molar-refractivity contribution < 1.29 is 14.7 Å². The molecular weight excluding hydrogens is 236 g/mol. The van der Waals surface area contributed by atoms with Crippen LogP contribution in [0.5, 0.6) is 0 Å². The Bertz CT molecular complexity index is 433. The van der Waals surface area contributed by atoms with Crippen LogP contribution in [0, 0.1) is 5.92 Å². The molecule has 1 aliphatic rings. The van der Waals surface area contributed by atoms with Gasteiger partial charge in [0.2, 0.25) is 11.9 Å². The number of carboxylic acid groups (broad SMARTS) is 1. The highest BCUT2D eigenvalue weighted by atomic mass is 16.4. The quantitative estimate of drug-likeness (QED) is 0.649. The molecule has 7 nitrogen and oxygen atoms in total. The number of nitrogens with one attached hydrogen (secondary N) is 2. The summed E-state index contributed by atoms with van der Waals surface area (Å²) in [6.07, 6.45) is 4.82. The minimum atomic E-state index is -0.915. The van der Waals surface area contributed by atoms with Gasteiger partial charge in [0.15, 0.2) is 0 Å². The molecule has 0 radical (unpaired) electrons. The monoisotopic (exact) mass is 250 g/mol. The van der Waals surface area contributed by atoms with Crippen LogP contribution in [0.25, 0.3) is 0 Å². The third-order valence-corrected chi connectivity index (χ3v) is 2.66. The molecule has 0 aromatic carbocycles. The standard InChI is InChI=1S/C11H14N4O3/c16-8(15-11-12-4-1-5-13-11)6-14-9(10(17)18)7-2-3-7/h1,4-5,7,9,14H,2-3,6H2,(H,17,18)(H,12,13,15,16). The Kier molecular flexibility index (Phi) is 3.83. The number of hydrogen-bond acceptors (Lipinski definition) is 5. The highest BCUT2D eigenvalue weighted by Gasteiger charge is 2.36. The fourth-order valence-corrected chi connectivity index (χ4v) is 1.62. The smallest absolute Gasteiger partial charge is 0.320 e. The Morgan fingerprint density at radius 1 is 1.39 bits per heavy atom. The third kappa shape index (κ3) is 3.49. The number of hydrogen-bond donors (Lipinski definition) is 3. The van der Waals surface area contributed by atoms with Crippen LogP contribution >= 0.6 is 0 Å². The van der Waals surface area contributed by atoms with Crippen LogP contribution in [0.1, 0.15) is 12.8 Å². The van der Waals surface area contributed by atoms with Crippen LogP contribution in [-0.2, 0) is 9.59 Å². The van der Waals surface area contributed by atoms with E-state index in [2.05, 4.69) is 20.6 Å². The second-order valence-electron chi connectivity index (χ2n) is 4.15. The van der Waals surface area contributed by atoms with Crippen molar-refractivity contribution in [2.75, 3.05) is 11.9 Å². The van der Waals surface area contributed by atoms with E-state index in [1.54, 1.807) is 6.07 Å². The number of aliphatic carboxylic acids is 1. The molecule has 7 heteroatoms. The van der Waals surface area contributed by atoms with E-state index >= 15 is 0 Å². The summed E-state index contributed by atoms with van der Waals surface area (Å²) in [5.41, 5.74) is 0. The van der Waals surface area contributed by atoms with Gasteiger partial charge in [-0.3, -0.25) is 20.2 Å². The lowest BCUT2D eigenvalue weighted by atomic mass is 10.2. The van der Waals surface area contributed by atoms with Crippen molar-refractivity contribution in [2.45, 2.75) is 18.9 Å². The fourth-order valence-electron chi connectivity index (χ4n) is 1.62. The molecule has 1 saturated carbocycles. The Balaban J connectivity index is 1.79. The average Bonchev–Trinajstić information content (AvgIpc) is 3.14. The molecule has 0 aliphatic heterocycles. The van der Waals surface area contributed by atoms with E-state index in [-0.39, 0.29) is 24.3 Å². The molecule has 0 bridgehead atoms. The Morgan fingerprint density at radius 3 is 2.61 bits per heavy atom. The van der Waals surface area contributed by atoms with Gasteiger partial charge in [0.25, 0.3) is 0 Å². The van der Waals surface area contributed by atoms with Gasteiger partial charge in [-0.25, -0.2) is 9.97 Å². The average molecular weight is 250 g/mol. The summed E-state index contributed by atoms with van der Waals surface area (Å²) in [6.45, 7) is -0.0638. The molecule has 1 unspecified atom stereocenters. The first kappa shape index (κ1) is 12.4. The second kappa shape index (κ2) is 5.54. The first-order valence-corrected chi connectivity index (χ1v) is 5.70. The van der Waals surface area contributed by atoms with Crippen LogP contribution in [0.4, 0.5) is 5.95 Å². The molecule has 1 aliphatic carbocycles. The van der Waals surface area contributed by atoms with Gasteiger partial charge in [-0.05, 0) is 24.8 Å². The van der Waals surface area contributed by atoms with Crippen LogP contribution in [0.2, 0.25) is 0 Å². The van der Waals surface area contributed by atoms with Gasteiger partial charge in [0.1, 0.15) is 6.04 Å². The van der Waals surface area contributed by atoms with E-state index in [4.69, 9.17) is 5.11 Å². The van der Waals surface area contributed by atoms with Crippen molar-refractivity contribution in [3.05, 3.63) is 18.5 Å². The summed E-state index contributed by atoms with van der Waals surface area (Å²) in [6, 6.07) is 0.994. The lowest BCUT2D eigenvalue weighted by molar-refractivity contribution is -0.140. The number of nitrogens with zero attached hydrogens (tertiary/aromatic N) is 2. The zero-order chi connectivity index (χ0) is 13.0. The number of rotatable bonds is 6. The first-order valence-electron chi connectivity index (χ1n) is 5.70. The predicted octanol–water partition coefficient (Wildman–Crippen LogP) is -0.132. The van der Waals surface area contributed by atoms with E-state index in [0.29, 0.717) is 0 Å². The number of carboxylic acids is 1. The van der Waals surface area contributed by atoms with Gasteiger partial charge in [0, 0.05) is 12.4 Å². The van der Waals surface area contributed by atoms with Crippen LogP contribution in [0.15, 0.2) is 18.5 Å². The summed E-state index contributed by atoms with van der Waals surface area (Å²) in [5, 5.41) is 14.2. The van der Waals surface area contributed by atoms with Gasteiger partial charge in [0.05, 0.1) is 6.54 Å². The number of aromatic nitrogens is 2. The van der Waals surface area contributed by atoms with Crippen molar-refractivity contribution in [3.8, 4) is 0 Å². The Morgan fingerprint density at radius 2 is 2.06 bits per heavy atom. The van der Waals surface area contributed by atoms with Crippen LogP contribution in [-0.4, -0.2) is 39.5 Å². The molecule has 3 N–H and O–H groups in total. The molecule has 2 rings (SSSR count). The van der Waals surface area contributed by atoms with Crippen molar-refractivity contribution in [1.82, 2.24) is 15.3 Å². The molecule has 0 spiro atoms. The number of carbonyl (C=O) groups is 2. The topological polar surface area (TPSA) is 104 Å². The van der Waals surface area contributed by atoms with E-state index in [9.17, 15) is 9.59 Å². The summed E-state index contributed by atoms with van der Waals surface area (Å²) in [5.74, 6) is -0.916. The number of amides is 1. The minimum absolute atomic E-state index is 0.0638. The Hall–Kier alpha value is -2.02. The summed E-state index contributed by atoms with van der Waals surface area (Å²) >= 11 is 0. The maximum Gasteiger partial charge on any atom is 0.320 e. The molecule has 1 atom stereocenters. The normalized spacial score (nSPS) is 16.0. The molecule has 1 heterocycles. The van der Waals surface area contributed by atoms with Crippen LogP contribution < -0.4 is 10.6 Å². The maximum atomic E-state index is 11.5. The summed E-state index contributed by atoms with van der Waals surface area (Å²) < 4.78 is 0. The second-order valence-corrected chi connectivity index (χ2v) is 4.15. The van der Waals surface area contributed by atoms with Crippen molar-refractivity contribution in [1.29, 1.82) is 0 Å². The van der Waals surface area contributed by atoms with Crippen LogP contribution in [0.3, 0.4) is 0 Å². The zero-order valence-corrected chi connectivity index (χ0v) is 9.67. The zero-order valence-electron chi connectivity index (χ0n) is 9.67. The minimum Gasteiger partial charge on any atom is -0.480 e. The molecule has 0 saturated heterocycles. The third-order valence-electron chi connectivity index (χ3n) is 2.66. The molecule has 1 aromatic heterocycles. The van der Waals surface area contributed by atoms with E-state index in [1.165, 1.54) is 12.4 Å². The summed E-state index contributed by atoms with van der Waals surface area (Å²) in [4.78, 5) is 30.2. The predicted molar refractivity (Wildman–Crippen MR) is 62.8 cm³/mol. The number of carbonyl (C=O) groups excluding carboxylic acids is 1. The van der Waals surface area contributed by atoms with Gasteiger partial charge in [-0.2, -0.15) is 0 Å². The van der Waals surface area contributed by atoms with E-state index in [0.717, 1.165) is 12.8 Å². The largest absolute Gasteiger partial charge is 0.480 e. The molecular formula is C11H14N4O3. The molecule has 1 fully saturated rings. The van der Waals surface area contributed by atoms with Gasteiger partial charge in [-0.1, -0.05) is 0 Å². The van der Waals surface area contributed by atoms with E-state index < -0.39 is 12.0 Å². The lowest BCUT2D eigenvalue weighted by Crippen LogP contribution is -2.42. The SMILES string of the molecule is O=C(CNC(C(=O)O)C1CC1)Nc1ncccn1. The van der Waals surface area contributed by atoms with Crippen molar-refractivity contribution in [3.63, 3.8) is 0 Å². The molecule has 1 amide bonds.